The van der Waals surface area contributed by atoms with E-state index in [9.17, 15) is 9.59 Å². The molecule has 2 heterocycles. The minimum Gasteiger partial charge on any atom is -0.444 e. The third-order valence-electron chi connectivity index (χ3n) is 3.72. The summed E-state index contributed by atoms with van der Waals surface area (Å²) >= 11 is 0. The molecule has 2 amide bonds. The van der Waals surface area contributed by atoms with E-state index in [1.54, 1.807) is 26.8 Å². The normalized spacial score (nSPS) is 29.9. The summed E-state index contributed by atoms with van der Waals surface area (Å²) in [5.74, 6) is -0.0281. The molecule has 2 aliphatic rings. The Morgan fingerprint density at radius 3 is 2.75 bits per heavy atom. The lowest BCUT2D eigenvalue weighted by atomic mass is 10.1. The van der Waals surface area contributed by atoms with Crippen molar-refractivity contribution in [3.8, 4) is 0 Å². The molecule has 20 heavy (non-hydrogen) atoms. The Bertz CT molecular complexity index is 425. The average Bonchev–Trinajstić information content (AvgIpc) is 2.58. The van der Waals surface area contributed by atoms with Gasteiger partial charge in [0.2, 0.25) is 5.91 Å². The molecule has 3 atom stereocenters. The van der Waals surface area contributed by atoms with Gasteiger partial charge < -0.3 is 15.0 Å². The highest BCUT2D eigenvalue weighted by atomic mass is 16.6. The van der Waals surface area contributed by atoms with Gasteiger partial charge in [-0.1, -0.05) is 12.2 Å². The summed E-state index contributed by atoms with van der Waals surface area (Å²) in [5, 5.41) is 2.66. The van der Waals surface area contributed by atoms with Gasteiger partial charge >= 0.3 is 6.09 Å². The van der Waals surface area contributed by atoms with E-state index in [1.807, 2.05) is 11.0 Å². The standard InChI is InChI=1S/C15H24N2O3/c1-10-8-9-11-6-5-7-12(13(18)17(10)11)16-14(19)20-15(2,3)4/h5,7,10-12H,6,8-9H2,1-4H3,(H,16,19)/t10-,11+,12+/m1/s1. The summed E-state index contributed by atoms with van der Waals surface area (Å²) in [4.78, 5) is 26.3. The molecule has 5 nitrogen and oxygen atoms in total. The summed E-state index contributed by atoms with van der Waals surface area (Å²) in [6, 6.07) is -0.0927. The van der Waals surface area contributed by atoms with Gasteiger partial charge in [0.15, 0.2) is 0 Å². The van der Waals surface area contributed by atoms with Crippen LogP contribution in [-0.4, -0.2) is 40.6 Å². The van der Waals surface area contributed by atoms with Gasteiger partial charge in [-0.2, -0.15) is 0 Å². The molecule has 2 rings (SSSR count). The minimum absolute atomic E-state index is 0.0281. The van der Waals surface area contributed by atoms with Gasteiger partial charge in [0.1, 0.15) is 11.6 Å². The van der Waals surface area contributed by atoms with Crippen LogP contribution in [0.4, 0.5) is 4.79 Å². The summed E-state index contributed by atoms with van der Waals surface area (Å²) in [6.07, 6.45) is 6.15. The summed E-state index contributed by atoms with van der Waals surface area (Å²) in [7, 11) is 0. The molecule has 0 saturated carbocycles. The van der Waals surface area contributed by atoms with Crippen LogP contribution < -0.4 is 5.32 Å². The van der Waals surface area contributed by atoms with Crippen LogP contribution in [0.3, 0.4) is 0 Å². The van der Waals surface area contributed by atoms with Gasteiger partial charge in [-0.05, 0) is 47.0 Å². The highest BCUT2D eigenvalue weighted by Gasteiger charge is 2.38. The van der Waals surface area contributed by atoms with Gasteiger partial charge in [0.25, 0.3) is 0 Å². The average molecular weight is 280 g/mol. The molecule has 2 aliphatic heterocycles. The zero-order chi connectivity index (χ0) is 14.9. The van der Waals surface area contributed by atoms with E-state index in [0.29, 0.717) is 0 Å². The van der Waals surface area contributed by atoms with Crippen molar-refractivity contribution in [3.05, 3.63) is 12.2 Å². The lowest BCUT2D eigenvalue weighted by Crippen LogP contribution is -2.50. The largest absolute Gasteiger partial charge is 0.444 e. The van der Waals surface area contributed by atoms with Crippen LogP contribution in [0.15, 0.2) is 12.2 Å². The van der Waals surface area contributed by atoms with Crippen LogP contribution in [0, 0.1) is 0 Å². The van der Waals surface area contributed by atoms with Crippen LogP contribution in [-0.2, 0) is 9.53 Å². The number of rotatable bonds is 1. The second-order valence-corrected chi connectivity index (χ2v) is 6.61. The van der Waals surface area contributed by atoms with Gasteiger partial charge in [0, 0.05) is 12.1 Å². The zero-order valence-corrected chi connectivity index (χ0v) is 12.7. The monoisotopic (exact) mass is 280 g/mol. The second-order valence-electron chi connectivity index (χ2n) is 6.61. The molecule has 0 aromatic rings. The van der Waals surface area contributed by atoms with Crippen LogP contribution >= 0.6 is 0 Å². The quantitative estimate of drug-likeness (QED) is 0.749. The molecular formula is C15H24N2O3. The fraction of sp³-hybridized carbons (Fsp3) is 0.733. The van der Waals surface area contributed by atoms with Crippen molar-refractivity contribution in [1.29, 1.82) is 0 Å². The van der Waals surface area contributed by atoms with E-state index in [1.165, 1.54) is 0 Å². The number of carbonyl (C=O) groups excluding carboxylic acids is 2. The number of alkyl carbamates (subject to hydrolysis) is 1. The number of hydrogen-bond acceptors (Lipinski definition) is 3. The third kappa shape index (κ3) is 3.32. The Balaban J connectivity index is 2.04. The lowest BCUT2D eigenvalue weighted by molar-refractivity contribution is -0.134. The Labute approximate surface area is 120 Å². The maximum atomic E-state index is 12.5. The van der Waals surface area contributed by atoms with Gasteiger partial charge in [-0.25, -0.2) is 4.79 Å². The number of nitrogens with one attached hydrogen (secondary N) is 1. The number of amides is 2. The molecule has 0 aromatic heterocycles. The maximum absolute atomic E-state index is 12.5. The molecule has 0 aliphatic carbocycles. The maximum Gasteiger partial charge on any atom is 0.408 e. The Morgan fingerprint density at radius 2 is 2.10 bits per heavy atom. The van der Waals surface area contributed by atoms with Crippen LogP contribution in [0.25, 0.3) is 0 Å². The van der Waals surface area contributed by atoms with Gasteiger partial charge in [-0.15, -0.1) is 0 Å². The van der Waals surface area contributed by atoms with Crippen molar-refractivity contribution < 1.29 is 14.3 Å². The molecular weight excluding hydrogens is 256 g/mol. The van der Waals surface area contributed by atoms with Crippen LogP contribution in [0.2, 0.25) is 0 Å². The molecule has 5 heteroatoms. The van der Waals surface area contributed by atoms with E-state index < -0.39 is 17.7 Å². The number of carbonyl (C=O) groups is 2. The number of fused-ring (bicyclic) bond motifs is 1. The molecule has 1 N–H and O–H groups in total. The predicted molar refractivity (Wildman–Crippen MR) is 76.2 cm³/mol. The Kier molecular flexibility index (Phi) is 4.06. The van der Waals surface area contributed by atoms with E-state index in [-0.39, 0.29) is 18.0 Å². The van der Waals surface area contributed by atoms with E-state index >= 15 is 0 Å². The predicted octanol–water partition coefficient (Wildman–Crippen LogP) is 2.22. The zero-order valence-electron chi connectivity index (χ0n) is 12.7. The number of hydrogen-bond donors (Lipinski definition) is 1. The lowest BCUT2D eigenvalue weighted by Gasteiger charge is -2.29. The fourth-order valence-electron chi connectivity index (χ4n) is 2.86. The SMILES string of the molecule is C[C@@H]1CC[C@@H]2CC=C[C@H](NC(=O)OC(C)(C)C)C(=O)N21. The highest BCUT2D eigenvalue weighted by molar-refractivity contribution is 5.88. The molecule has 0 spiro atoms. The van der Waals surface area contributed by atoms with Crippen molar-refractivity contribution in [1.82, 2.24) is 10.2 Å². The molecule has 1 fully saturated rings. The molecule has 112 valence electrons. The second kappa shape index (κ2) is 5.46. The van der Waals surface area contributed by atoms with Crippen molar-refractivity contribution >= 4 is 12.0 Å². The van der Waals surface area contributed by atoms with Crippen molar-refractivity contribution in [2.45, 2.75) is 70.7 Å². The van der Waals surface area contributed by atoms with Crippen molar-refractivity contribution in [2.75, 3.05) is 0 Å². The molecule has 0 unspecified atom stereocenters. The topological polar surface area (TPSA) is 58.6 Å². The molecule has 1 saturated heterocycles. The van der Waals surface area contributed by atoms with Gasteiger partial charge in [0.05, 0.1) is 0 Å². The highest BCUT2D eigenvalue weighted by Crippen LogP contribution is 2.29. The molecule has 0 bridgehead atoms. The smallest absolute Gasteiger partial charge is 0.408 e. The number of ether oxygens (including phenoxy) is 1. The van der Waals surface area contributed by atoms with E-state index in [0.717, 1.165) is 19.3 Å². The van der Waals surface area contributed by atoms with E-state index in [2.05, 4.69) is 12.2 Å². The van der Waals surface area contributed by atoms with Crippen LogP contribution in [0.5, 0.6) is 0 Å². The van der Waals surface area contributed by atoms with Gasteiger partial charge in [-0.3, -0.25) is 4.79 Å². The first kappa shape index (κ1) is 14.9. The van der Waals surface area contributed by atoms with Crippen molar-refractivity contribution in [3.63, 3.8) is 0 Å². The first-order valence-corrected chi connectivity index (χ1v) is 7.26. The summed E-state index contributed by atoms with van der Waals surface area (Å²) in [5.41, 5.74) is -0.564. The Morgan fingerprint density at radius 1 is 1.40 bits per heavy atom. The summed E-state index contributed by atoms with van der Waals surface area (Å²) < 4.78 is 5.21. The first-order chi connectivity index (χ1) is 9.28. The first-order valence-electron chi connectivity index (χ1n) is 7.26. The molecule has 0 radical (unpaired) electrons. The minimum atomic E-state index is -0.615. The van der Waals surface area contributed by atoms with Crippen molar-refractivity contribution in [2.24, 2.45) is 0 Å². The third-order valence-corrected chi connectivity index (χ3v) is 3.72. The number of nitrogens with zero attached hydrogens (tertiary/aromatic N) is 1. The Hall–Kier alpha value is -1.52. The fourth-order valence-corrected chi connectivity index (χ4v) is 2.86. The van der Waals surface area contributed by atoms with E-state index in [4.69, 9.17) is 4.74 Å². The molecule has 0 aromatic carbocycles. The van der Waals surface area contributed by atoms with Crippen LogP contribution in [0.1, 0.15) is 47.0 Å². The summed E-state index contributed by atoms with van der Waals surface area (Å²) in [6.45, 7) is 7.47.